The summed E-state index contributed by atoms with van der Waals surface area (Å²) in [4.78, 5) is 12.5. The molecular formula is C22H29NO3. The summed E-state index contributed by atoms with van der Waals surface area (Å²) in [5, 5.41) is 2.97. The summed E-state index contributed by atoms with van der Waals surface area (Å²) >= 11 is 0. The minimum Gasteiger partial charge on any atom is -0.491 e. The second-order valence-electron chi connectivity index (χ2n) is 6.74. The van der Waals surface area contributed by atoms with Crippen LogP contribution >= 0.6 is 0 Å². The summed E-state index contributed by atoms with van der Waals surface area (Å²) in [5.74, 6) is 1.47. The van der Waals surface area contributed by atoms with E-state index in [2.05, 4.69) is 5.32 Å². The molecule has 0 aliphatic carbocycles. The van der Waals surface area contributed by atoms with Crippen LogP contribution in [0.25, 0.3) is 0 Å². The highest BCUT2D eigenvalue weighted by atomic mass is 16.5. The van der Waals surface area contributed by atoms with Crippen LogP contribution in [0.4, 0.5) is 0 Å². The molecule has 0 aliphatic rings. The highest BCUT2D eigenvalue weighted by molar-refractivity contribution is 5.81. The van der Waals surface area contributed by atoms with Crippen LogP contribution in [-0.4, -0.2) is 18.1 Å². The molecule has 1 atom stereocenters. The van der Waals surface area contributed by atoms with Crippen molar-refractivity contribution >= 4 is 5.91 Å². The SMILES string of the molecule is CC[C@H](Oc1cccc(C)c1C)C(=O)NCc1cccc(OC(C)C)c1. The molecule has 2 aromatic rings. The van der Waals surface area contributed by atoms with Gasteiger partial charge in [0.2, 0.25) is 0 Å². The van der Waals surface area contributed by atoms with Gasteiger partial charge in [-0.1, -0.05) is 31.2 Å². The van der Waals surface area contributed by atoms with Crippen LogP contribution in [0, 0.1) is 13.8 Å². The molecule has 0 aliphatic heterocycles. The minimum atomic E-state index is -0.509. The Labute approximate surface area is 156 Å². The number of aryl methyl sites for hydroxylation is 1. The Bertz CT molecular complexity index is 740. The van der Waals surface area contributed by atoms with Crippen LogP contribution < -0.4 is 14.8 Å². The first-order valence-electron chi connectivity index (χ1n) is 9.16. The van der Waals surface area contributed by atoms with Crippen LogP contribution in [0.1, 0.15) is 43.9 Å². The van der Waals surface area contributed by atoms with E-state index in [-0.39, 0.29) is 12.0 Å². The molecule has 4 heteroatoms. The minimum absolute atomic E-state index is 0.108. The molecule has 0 saturated heterocycles. The smallest absolute Gasteiger partial charge is 0.261 e. The van der Waals surface area contributed by atoms with Crippen molar-refractivity contribution < 1.29 is 14.3 Å². The Morgan fingerprint density at radius 2 is 1.81 bits per heavy atom. The number of benzene rings is 2. The predicted octanol–water partition coefficient (Wildman–Crippen LogP) is 4.56. The highest BCUT2D eigenvalue weighted by Crippen LogP contribution is 2.22. The number of amides is 1. The van der Waals surface area contributed by atoms with Gasteiger partial charge in [-0.2, -0.15) is 0 Å². The predicted molar refractivity (Wildman–Crippen MR) is 105 cm³/mol. The van der Waals surface area contributed by atoms with E-state index in [1.54, 1.807) is 0 Å². The lowest BCUT2D eigenvalue weighted by Gasteiger charge is -2.19. The summed E-state index contributed by atoms with van der Waals surface area (Å²) in [6.07, 6.45) is 0.219. The van der Waals surface area contributed by atoms with E-state index in [1.807, 2.05) is 77.1 Å². The molecule has 0 spiro atoms. The molecule has 2 aromatic carbocycles. The topological polar surface area (TPSA) is 47.6 Å². The molecule has 140 valence electrons. The molecule has 0 saturated carbocycles. The number of hydrogen-bond acceptors (Lipinski definition) is 3. The third-order valence-corrected chi connectivity index (χ3v) is 4.22. The van der Waals surface area contributed by atoms with Gasteiger partial charge in [0.1, 0.15) is 11.5 Å². The largest absolute Gasteiger partial charge is 0.491 e. The number of ether oxygens (including phenoxy) is 2. The third kappa shape index (κ3) is 5.51. The van der Waals surface area contributed by atoms with Gasteiger partial charge in [-0.25, -0.2) is 0 Å². The van der Waals surface area contributed by atoms with E-state index >= 15 is 0 Å². The maximum atomic E-state index is 12.5. The Balaban J connectivity index is 1.98. The second-order valence-corrected chi connectivity index (χ2v) is 6.74. The van der Waals surface area contributed by atoms with E-state index in [0.717, 1.165) is 28.2 Å². The molecule has 4 nitrogen and oxygen atoms in total. The van der Waals surface area contributed by atoms with E-state index in [1.165, 1.54) is 0 Å². The van der Waals surface area contributed by atoms with Crippen molar-refractivity contribution in [3.8, 4) is 11.5 Å². The van der Waals surface area contributed by atoms with Gasteiger partial charge in [0.05, 0.1) is 6.10 Å². The van der Waals surface area contributed by atoms with Gasteiger partial charge in [-0.15, -0.1) is 0 Å². The van der Waals surface area contributed by atoms with Crippen LogP contribution in [0.15, 0.2) is 42.5 Å². The Hall–Kier alpha value is -2.49. The average molecular weight is 355 g/mol. The summed E-state index contributed by atoms with van der Waals surface area (Å²) in [5.41, 5.74) is 3.22. The normalized spacial score (nSPS) is 11.9. The van der Waals surface area contributed by atoms with Crippen LogP contribution in [0.2, 0.25) is 0 Å². The lowest BCUT2D eigenvalue weighted by atomic mass is 10.1. The maximum absolute atomic E-state index is 12.5. The van der Waals surface area contributed by atoms with Gasteiger partial charge in [-0.3, -0.25) is 4.79 Å². The summed E-state index contributed by atoms with van der Waals surface area (Å²) < 4.78 is 11.7. The molecule has 0 radical (unpaired) electrons. The van der Waals surface area contributed by atoms with Crippen LogP contribution in [0.3, 0.4) is 0 Å². The lowest BCUT2D eigenvalue weighted by molar-refractivity contribution is -0.128. The van der Waals surface area contributed by atoms with Crippen molar-refractivity contribution in [1.82, 2.24) is 5.32 Å². The van der Waals surface area contributed by atoms with Crippen LogP contribution in [-0.2, 0) is 11.3 Å². The van der Waals surface area contributed by atoms with E-state index < -0.39 is 6.10 Å². The summed E-state index contributed by atoms with van der Waals surface area (Å²) in [7, 11) is 0. The fourth-order valence-corrected chi connectivity index (χ4v) is 2.63. The standard InChI is InChI=1S/C22H29NO3/c1-6-20(26-21-12-7-9-16(4)17(21)5)22(24)23-14-18-10-8-11-19(13-18)25-15(2)3/h7-13,15,20H,6,14H2,1-5H3,(H,23,24)/t20-/m0/s1. The van der Waals surface area contributed by atoms with E-state index in [4.69, 9.17) is 9.47 Å². The van der Waals surface area contributed by atoms with Crippen molar-refractivity contribution in [3.63, 3.8) is 0 Å². The van der Waals surface area contributed by atoms with Gasteiger partial charge >= 0.3 is 0 Å². The zero-order valence-corrected chi connectivity index (χ0v) is 16.3. The number of carbonyl (C=O) groups is 1. The van der Waals surface area contributed by atoms with Crippen molar-refractivity contribution in [2.24, 2.45) is 0 Å². The number of hydrogen-bond donors (Lipinski definition) is 1. The molecule has 0 bridgehead atoms. The fourth-order valence-electron chi connectivity index (χ4n) is 2.63. The van der Waals surface area contributed by atoms with Gasteiger partial charge in [0, 0.05) is 6.54 Å². The second kappa shape index (κ2) is 9.27. The zero-order chi connectivity index (χ0) is 19.1. The molecule has 1 N–H and O–H groups in total. The third-order valence-electron chi connectivity index (χ3n) is 4.22. The summed E-state index contributed by atoms with van der Waals surface area (Å²) in [6.45, 7) is 10.4. The first-order valence-corrected chi connectivity index (χ1v) is 9.16. The van der Waals surface area contributed by atoms with E-state index in [9.17, 15) is 4.79 Å². The first-order chi connectivity index (χ1) is 12.4. The zero-order valence-electron chi connectivity index (χ0n) is 16.3. The number of carbonyl (C=O) groups excluding carboxylic acids is 1. The Morgan fingerprint density at radius 3 is 2.50 bits per heavy atom. The van der Waals surface area contributed by atoms with Crippen molar-refractivity contribution in [1.29, 1.82) is 0 Å². The number of rotatable bonds is 8. The Morgan fingerprint density at radius 1 is 1.08 bits per heavy atom. The fraction of sp³-hybridized carbons (Fsp3) is 0.409. The lowest BCUT2D eigenvalue weighted by Crippen LogP contribution is -2.37. The highest BCUT2D eigenvalue weighted by Gasteiger charge is 2.19. The van der Waals surface area contributed by atoms with Gasteiger partial charge < -0.3 is 14.8 Å². The molecule has 0 unspecified atom stereocenters. The Kier molecular flexibility index (Phi) is 7.07. The first kappa shape index (κ1) is 19.8. The van der Waals surface area contributed by atoms with Crippen molar-refractivity contribution in [3.05, 3.63) is 59.2 Å². The number of nitrogens with one attached hydrogen (secondary N) is 1. The monoisotopic (exact) mass is 355 g/mol. The van der Waals surface area contributed by atoms with Crippen LogP contribution in [0.5, 0.6) is 11.5 Å². The quantitative estimate of drug-likeness (QED) is 0.755. The summed E-state index contributed by atoms with van der Waals surface area (Å²) in [6, 6.07) is 13.7. The van der Waals surface area contributed by atoms with Gasteiger partial charge in [0.25, 0.3) is 5.91 Å². The molecule has 26 heavy (non-hydrogen) atoms. The van der Waals surface area contributed by atoms with Crippen molar-refractivity contribution in [2.75, 3.05) is 0 Å². The maximum Gasteiger partial charge on any atom is 0.261 e. The average Bonchev–Trinajstić information content (AvgIpc) is 2.60. The molecule has 0 fully saturated rings. The van der Waals surface area contributed by atoms with Gasteiger partial charge in [0.15, 0.2) is 6.10 Å². The molecule has 1 amide bonds. The molecule has 0 heterocycles. The van der Waals surface area contributed by atoms with E-state index in [0.29, 0.717) is 13.0 Å². The molecule has 0 aromatic heterocycles. The molecule has 2 rings (SSSR count). The van der Waals surface area contributed by atoms with Crippen molar-refractivity contribution in [2.45, 2.75) is 59.8 Å². The molecular weight excluding hydrogens is 326 g/mol. The van der Waals surface area contributed by atoms with Gasteiger partial charge in [-0.05, 0) is 69.0 Å².